The van der Waals surface area contributed by atoms with Crippen molar-refractivity contribution < 1.29 is 4.79 Å². The van der Waals surface area contributed by atoms with E-state index >= 15 is 0 Å². The van der Waals surface area contributed by atoms with Crippen molar-refractivity contribution in [2.24, 2.45) is 0 Å². The van der Waals surface area contributed by atoms with Gasteiger partial charge in [0.1, 0.15) is 5.54 Å². The molecule has 0 saturated carbocycles. The van der Waals surface area contributed by atoms with Gasteiger partial charge in [0.25, 0.3) is 0 Å². The maximum atomic E-state index is 12.2. The predicted octanol–water partition coefficient (Wildman–Crippen LogP) is 2.65. The number of hydrogen-bond acceptors (Lipinski definition) is 1. The SMILES string of the molecule is CCC(=O)C1(c2ccccc2)CCCC[N]1. The van der Waals surface area contributed by atoms with Gasteiger partial charge in [-0.25, -0.2) is 5.32 Å². The average Bonchev–Trinajstić information content (AvgIpc) is 2.39. The number of piperidine rings is 1. The number of hydrogen-bond donors (Lipinski definition) is 0. The zero-order valence-corrected chi connectivity index (χ0v) is 9.78. The molecule has 1 aliphatic heterocycles. The molecule has 0 aliphatic carbocycles. The van der Waals surface area contributed by atoms with E-state index in [0.717, 1.165) is 31.4 Å². The molecule has 1 saturated heterocycles. The van der Waals surface area contributed by atoms with Crippen molar-refractivity contribution in [3.8, 4) is 0 Å². The highest BCUT2D eigenvalue weighted by Gasteiger charge is 2.40. The Kier molecular flexibility index (Phi) is 3.39. The first kappa shape index (κ1) is 11.3. The Balaban J connectivity index is 2.38. The number of carbonyl (C=O) groups excluding carboxylic acids is 1. The Morgan fingerprint density at radius 2 is 2.06 bits per heavy atom. The fourth-order valence-electron chi connectivity index (χ4n) is 2.47. The molecule has 1 atom stereocenters. The van der Waals surface area contributed by atoms with E-state index in [-0.39, 0.29) is 5.78 Å². The van der Waals surface area contributed by atoms with Crippen LogP contribution in [0.2, 0.25) is 0 Å². The minimum Gasteiger partial charge on any atom is -0.297 e. The van der Waals surface area contributed by atoms with Crippen molar-refractivity contribution in [1.29, 1.82) is 0 Å². The topological polar surface area (TPSA) is 31.2 Å². The van der Waals surface area contributed by atoms with Gasteiger partial charge in [0.15, 0.2) is 5.78 Å². The van der Waals surface area contributed by atoms with Crippen LogP contribution >= 0.6 is 0 Å². The van der Waals surface area contributed by atoms with Crippen LogP contribution in [0.25, 0.3) is 0 Å². The van der Waals surface area contributed by atoms with E-state index in [1.165, 1.54) is 0 Å². The molecule has 0 bridgehead atoms. The summed E-state index contributed by atoms with van der Waals surface area (Å²) in [5, 5.41) is 4.65. The monoisotopic (exact) mass is 216 g/mol. The fourth-order valence-corrected chi connectivity index (χ4v) is 2.47. The quantitative estimate of drug-likeness (QED) is 0.764. The fraction of sp³-hybridized carbons (Fsp3) is 0.500. The van der Waals surface area contributed by atoms with E-state index in [9.17, 15) is 4.79 Å². The molecule has 85 valence electrons. The van der Waals surface area contributed by atoms with Gasteiger partial charge in [-0.2, -0.15) is 0 Å². The summed E-state index contributed by atoms with van der Waals surface area (Å²) < 4.78 is 0. The third kappa shape index (κ3) is 1.90. The first-order chi connectivity index (χ1) is 7.79. The molecule has 0 N–H and O–H groups in total. The zero-order chi connectivity index (χ0) is 11.4. The normalized spacial score (nSPS) is 25.3. The van der Waals surface area contributed by atoms with E-state index in [1.54, 1.807) is 0 Å². The van der Waals surface area contributed by atoms with E-state index in [1.807, 2.05) is 37.3 Å². The van der Waals surface area contributed by atoms with Crippen molar-refractivity contribution in [1.82, 2.24) is 5.32 Å². The molecule has 2 rings (SSSR count). The minimum atomic E-state index is -0.533. The number of rotatable bonds is 3. The minimum absolute atomic E-state index is 0.262. The van der Waals surface area contributed by atoms with Crippen molar-refractivity contribution in [3.63, 3.8) is 0 Å². The Morgan fingerprint density at radius 1 is 1.31 bits per heavy atom. The van der Waals surface area contributed by atoms with Crippen molar-refractivity contribution >= 4 is 5.78 Å². The molecular weight excluding hydrogens is 198 g/mol. The van der Waals surface area contributed by atoms with Gasteiger partial charge in [0, 0.05) is 13.0 Å². The molecule has 1 unspecified atom stereocenters. The lowest BCUT2D eigenvalue weighted by Crippen LogP contribution is -2.47. The highest BCUT2D eigenvalue weighted by Crippen LogP contribution is 2.33. The van der Waals surface area contributed by atoms with Gasteiger partial charge in [-0.3, -0.25) is 4.79 Å². The lowest BCUT2D eigenvalue weighted by Gasteiger charge is -2.35. The Labute approximate surface area is 97.1 Å². The predicted molar refractivity (Wildman–Crippen MR) is 64.3 cm³/mol. The van der Waals surface area contributed by atoms with Crippen LogP contribution < -0.4 is 5.32 Å². The van der Waals surface area contributed by atoms with Gasteiger partial charge in [0.2, 0.25) is 0 Å². The Hall–Kier alpha value is -1.15. The smallest absolute Gasteiger partial charge is 0.158 e. The van der Waals surface area contributed by atoms with E-state index in [2.05, 4.69) is 5.32 Å². The van der Waals surface area contributed by atoms with Gasteiger partial charge in [-0.15, -0.1) is 0 Å². The van der Waals surface area contributed by atoms with Gasteiger partial charge < -0.3 is 0 Å². The molecule has 1 aliphatic rings. The molecule has 2 nitrogen and oxygen atoms in total. The molecule has 0 spiro atoms. The number of benzene rings is 1. The lowest BCUT2D eigenvalue weighted by molar-refractivity contribution is -0.126. The maximum absolute atomic E-state index is 12.2. The highest BCUT2D eigenvalue weighted by atomic mass is 16.1. The number of nitrogens with zero attached hydrogens (tertiary/aromatic N) is 1. The second-order valence-electron chi connectivity index (χ2n) is 4.34. The third-order valence-corrected chi connectivity index (χ3v) is 3.36. The summed E-state index contributed by atoms with van der Waals surface area (Å²) >= 11 is 0. The zero-order valence-electron chi connectivity index (χ0n) is 9.78. The van der Waals surface area contributed by atoms with Gasteiger partial charge in [-0.1, -0.05) is 37.3 Å². The molecular formula is C14H18NO. The Morgan fingerprint density at radius 3 is 2.62 bits per heavy atom. The summed E-state index contributed by atoms with van der Waals surface area (Å²) in [5.41, 5.74) is 0.537. The van der Waals surface area contributed by atoms with Crippen molar-refractivity contribution in [2.75, 3.05) is 6.54 Å². The molecule has 1 aromatic rings. The van der Waals surface area contributed by atoms with Crippen LogP contribution in [0.5, 0.6) is 0 Å². The summed E-state index contributed by atoms with van der Waals surface area (Å²) in [6.45, 7) is 2.75. The molecule has 1 radical (unpaired) electrons. The van der Waals surface area contributed by atoms with Gasteiger partial charge >= 0.3 is 0 Å². The molecule has 1 aromatic carbocycles. The number of ketones is 1. The summed E-state index contributed by atoms with van der Waals surface area (Å²) in [7, 11) is 0. The van der Waals surface area contributed by atoms with E-state index < -0.39 is 5.54 Å². The second-order valence-corrected chi connectivity index (χ2v) is 4.34. The van der Waals surface area contributed by atoms with Crippen LogP contribution in [0, 0.1) is 0 Å². The summed E-state index contributed by atoms with van der Waals surface area (Å²) in [4.78, 5) is 12.2. The molecule has 0 amide bonds. The van der Waals surface area contributed by atoms with Gasteiger partial charge in [0.05, 0.1) is 0 Å². The van der Waals surface area contributed by atoms with Crippen molar-refractivity contribution in [2.45, 2.75) is 38.1 Å². The molecule has 0 aromatic heterocycles. The number of Topliss-reactive ketones (excluding diaryl/α,β-unsaturated/α-hetero) is 1. The van der Waals surface area contributed by atoms with Crippen LogP contribution in [0.3, 0.4) is 0 Å². The molecule has 1 fully saturated rings. The van der Waals surface area contributed by atoms with E-state index in [4.69, 9.17) is 0 Å². The average molecular weight is 216 g/mol. The standard InChI is InChI=1S/C14H18NO/c1-2-13(16)14(10-6-7-11-15-14)12-8-4-3-5-9-12/h3-5,8-9H,2,6-7,10-11H2,1H3. The van der Waals surface area contributed by atoms with Crippen LogP contribution in [-0.4, -0.2) is 12.3 Å². The second kappa shape index (κ2) is 4.79. The van der Waals surface area contributed by atoms with Crippen LogP contribution in [0.4, 0.5) is 0 Å². The molecule has 1 heterocycles. The highest BCUT2D eigenvalue weighted by molar-refractivity contribution is 5.89. The van der Waals surface area contributed by atoms with Gasteiger partial charge in [-0.05, 0) is 24.8 Å². The summed E-state index contributed by atoms with van der Waals surface area (Å²) in [5.74, 6) is 0.262. The van der Waals surface area contributed by atoms with Crippen LogP contribution in [0.15, 0.2) is 30.3 Å². The van der Waals surface area contributed by atoms with Crippen molar-refractivity contribution in [3.05, 3.63) is 35.9 Å². The maximum Gasteiger partial charge on any atom is 0.158 e. The third-order valence-electron chi connectivity index (χ3n) is 3.36. The van der Waals surface area contributed by atoms with Crippen LogP contribution in [0.1, 0.15) is 38.2 Å². The van der Waals surface area contributed by atoms with Crippen LogP contribution in [-0.2, 0) is 10.3 Å². The summed E-state index contributed by atoms with van der Waals surface area (Å²) in [6.07, 6.45) is 3.66. The number of carbonyl (C=O) groups is 1. The largest absolute Gasteiger partial charge is 0.297 e. The molecule has 16 heavy (non-hydrogen) atoms. The Bertz CT molecular complexity index is 352. The molecule has 2 heteroatoms. The summed E-state index contributed by atoms with van der Waals surface area (Å²) in [6, 6.07) is 10.0. The first-order valence-corrected chi connectivity index (χ1v) is 6.07. The lowest BCUT2D eigenvalue weighted by atomic mass is 9.78. The first-order valence-electron chi connectivity index (χ1n) is 6.07. The van der Waals surface area contributed by atoms with E-state index in [0.29, 0.717) is 6.42 Å².